The van der Waals surface area contributed by atoms with Gasteiger partial charge < -0.3 is 25.0 Å². The third-order valence-electron chi connectivity index (χ3n) is 8.06. The SMILES string of the molecule is CC=CC[C@H]1C(=O)C(C)(C)[C@@H](O)CC(=O)N[C@H](C(C)=Cc2csc(C)n2)C[C@@H]2O[C@]2(C)CCO[C@H](C)[C@H]1O. The largest absolute Gasteiger partial charge is 0.392 e. The van der Waals surface area contributed by atoms with Crippen molar-refractivity contribution in [3.05, 3.63) is 33.8 Å². The molecule has 0 aliphatic carbocycles. The maximum Gasteiger partial charge on any atom is 0.223 e. The summed E-state index contributed by atoms with van der Waals surface area (Å²) in [5.41, 5.74) is 0.125. The van der Waals surface area contributed by atoms with E-state index < -0.39 is 35.2 Å². The van der Waals surface area contributed by atoms with E-state index in [1.54, 1.807) is 32.1 Å². The van der Waals surface area contributed by atoms with Gasteiger partial charge in [0, 0.05) is 24.8 Å². The van der Waals surface area contributed by atoms with Gasteiger partial charge in [0.25, 0.3) is 0 Å². The van der Waals surface area contributed by atoms with E-state index in [1.165, 1.54) is 0 Å². The molecule has 9 heteroatoms. The summed E-state index contributed by atoms with van der Waals surface area (Å²) in [5, 5.41) is 28.2. The number of hydrogen-bond donors (Lipinski definition) is 3. The molecule has 212 valence electrons. The van der Waals surface area contributed by atoms with Gasteiger partial charge in [-0.15, -0.1) is 11.3 Å². The molecule has 0 radical (unpaired) electrons. The fourth-order valence-corrected chi connectivity index (χ4v) is 5.62. The first-order valence-electron chi connectivity index (χ1n) is 13.5. The highest BCUT2D eigenvalue weighted by Gasteiger charge is 2.53. The molecule has 2 aliphatic heterocycles. The van der Waals surface area contributed by atoms with E-state index in [-0.39, 0.29) is 30.3 Å². The minimum Gasteiger partial charge on any atom is -0.392 e. The van der Waals surface area contributed by atoms with E-state index in [4.69, 9.17) is 9.47 Å². The summed E-state index contributed by atoms with van der Waals surface area (Å²) >= 11 is 1.57. The highest BCUT2D eigenvalue weighted by molar-refractivity contribution is 7.09. The number of ketones is 1. The molecular formula is C29H44N2O6S. The molecule has 2 aliphatic rings. The summed E-state index contributed by atoms with van der Waals surface area (Å²) in [5.74, 6) is -1.42. The number of epoxide rings is 1. The van der Waals surface area contributed by atoms with Crippen LogP contribution in [0.2, 0.25) is 0 Å². The highest BCUT2D eigenvalue weighted by Crippen LogP contribution is 2.43. The Morgan fingerprint density at radius 3 is 2.63 bits per heavy atom. The molecule has 0 unspecified atom stereocenters. The van der Waals surface area contributed by atoms with Gasteiger partial charge in [0.15, 0.2) is 0 Å². The van der Waals surface area contributed by atoms with Crippen LogP contribution in [0.15, 0.2) is 23.1 Å². The Bertz CT molecular complexity index is 1050. The number of aryl methyl sites for hydroxylation is 1. The average molecular weight is 549 g/mol. The Balaban J connectivity index is 1.89. The zero-order valence-electron chi connectivity index (χ0n) is 23.7. The molecule has 0 bridgehead atoms. The molecule has 1 amide bonds. The minimum atomic E-state index is -1.25. The predicted molar refractivity (Wildman–Crippen MR) is 149 cm³/mol. The second-order valence-electron chi connectivity index (χ2n) is 11.5. The number of Topliss-reactive ketones (excluding diaryl/α,β-unsaturated/α-hetero) is 1. The molecule has 0 spiro atoms. The summed E-state index contributed by atoms with van der Waals surface area (Å²) in [6, 6.07) is -0.320. The Morgan fingerprint density at radius 2 is 2.00 bits per heavy atom. The van der Waals surface area contributed by atoms with Gasteiger partial charge in [0.2, 0.25) is 5.91 Å². The van der Waals surface area contributed by atoms with Crippen molar-refractivity contribution in [2.24, 2.45) is 11.3 Å². The maximum absolute atomic E-state index is 13.6. The van der Waals surface area contributed by atoms with Crippen LogP contribution >= 0.6 is 11.3 Å². The van der Waals surface area contributed by atoms with Crippen molar-refractivity contribution in [1.82, 2.24) is 10.3 Å². The van der Waals surface area contributed by atoms with Crippen molar-refractivity contribution >= 4 is 29.1 Å². The van der Waals surface area contributed by atoms with Gasteiger partial charge in [0.05, 0.1) is 64.5 Å². The highest BCUT2D eigenvalue weighted by atomic mass is 32.1. The fourth-order valence-electron chi connectivity index (χ4n) is 5.04. The summed E-state index contributed by atoms with van der Waals surface area (Å²) in [6.45, 7) is 13.2. The molecule has 3 N–H and O–H groups in total. The first kappa shape index (κ1) is 30.6. The second kappa shape index (κ2) is 12.5. The summed E-state index contributed by atoms with van der Waals surface area (Å²) in [7, 11) is 0. The third kappa shape index (κ3) is 7.39. The van der Waals surface area contributed by atoms with Gasteiger partial charge in [-0.3, -0.25) is 9.59 Å². The van der Waals surface area contributed by atoms with Gasteiger partial charge in [-0.1, -0.05) is 26.0 Å². The molecule has 2 saturated heterocycles. The monoisotopic (exact) mass is 548 g/mol. The molecule has 8 nitrogen and oxygen atoms in total. The summed E-state index contributed by atoms with van der Waals surface area (Å²) in [6.07, 6.45) is 3.96. The Labute approximate surface area is 230 Å². The Hall–Kier alpha value is -1.91. The van der Waals surface area contributed by atoms with Gasteiger partial charge in [-0.25, -0.2) is 4.98 Å². The summed E-state index contributed by atoms with van der Waals surface area (Å²) in [4.78, 5) is 31.3. The Morgan fingerprint density at radius 1 is 1.29 bits per heavy atom. The minimum absolute atomic E-state index is 0.0737. The van der Waals surface area contributed by atoms with Crippen LogP contribution in [-0.2, 0) is 19.1 Å². The lowest BCUT2D eigenvalue weighted by Crippen LogP contribution is -2.49. The van der Waals surface area contributed by atoms with E-state index >= 15 is 0 Å². The van der Waals surface area contributed by atoms with Crippen molar-refractivity contribution in [1.29, 1.82) is 0 Å². The summed E-state index contributed by atoms with van der Waals surface area (Å²) < 4.78 is 12.0. The van der Waals surface area contributed by atoms with Crippen molar-refractivity contribution < 1.29 is 29.3 Å². The van der Waals surface area contributed by atoms with Crippen molar-refractivity contribution in [3.8, 4) is 0 Å². The average Bonchev–Trinajstić information content (AvgIpc) is 3.29. The maximum atomic E-state index is 13.6. The number of aromatic nitrogens is 1. The number of allylic oxidation sites excluding steroid dienone is 2. The van der Waals surface area contributed by atoms with Crippen LogP contribution in [-0.4, -0.2) is 69.6 Å². The second-order valence-corrected chi connectivity index (χ2v) is 12.6. The molecule has 3 heterocycles. The van der Waals surface area contributed by atoms with Crippen LogP contribution in [0.5, 0.6) is 0 Å². The zero-order chi connectivity index (χ0) is 28.3. The van der Waals surface area contributed by atoms with Crippen LogP contribution < -0.4 is 5.32 Å². The van der Waals surface area contributed by atoms with E-state index in [0.717, 1.165) is 16.3 Å². The number of amides is 1. The van der Waals surface area contributed by atoms with Gasteiger partial charge in [0.1, 0.15) is 5.78 Å². The quantitative estimate of drug-likeness (QED) is 0.384. The molecule has 3 rings (SSSR count). The number of nitrogens with zero attached hydrogens (tertiary/aromatic N) is 1. The third-order valence-corrected chi connectivity index (χ3v) is 8.86. The van der Waals surface area contributed by atoms with Gasteiger partial charge in [-0.05, 0) is 52.7 Å². The molecule has 38 heavy (non-hydrogen) atoms. The number of rotatable bonds is 4. The number of nitrogens with one attached hydrogen (secondary N) is 1. The number of carbonyl (C=O) groups is 2. The van der Waals surface area contributed by atoms with E-state index in [9.17, 15) is 19.8 Å². The van der Waals surface area contributed by atoms with Crippen LogP contribution in [0.25, 0.3) is 6.08 Å². The molecule has 0 saturated carbocycles. The standard InChI is InChI=1S/C29H44N2O6S/c1-8-9-10-21-26(34)18(3)36-12-11-29(7)24(37-29)14-22(17(2)13-20-16-38-19(4)30-20)31-25(33)15-23(32)28(5,6)27(21)35/h8-9,13,16,18,21-24,26,32,34H,10-12,14-15H2,1-7H3,(H,31,33)/t18-,21-,22+,23+,24+,26-,29-/m1/s1. The van der Waals surface area contributed by atoms with E-state index in [1.807, 2.05) is 51.3 Å². The van der Waals surface area contributed by atoms with Crippen molar-refractivity contribution in [2.45, 2.75) is 110 Å². The van der Waals surface area contributed by atoms with Crippen LogP contribution in [0.3, 0.4) is 0 Å². The zero-order valence-corrected chi connectivity index (χ0v) is 24.5. The first-order valence-corrected chi connectivity index (χ1v) is 14.4. The van der Waals surface area contributed by atoms with E-state index in [0.29, 0.717) is 25.9 Å². The smallest absolute Gasteiger partial charge is 0.223 e. The first-order chi connectivity index (χ1) is 17.8. The van der Waals surface area contributed by atoms with Crippen LogP contribution in [0, 0.1) is 18.3 Å². The molecule has 7 atom stereocenters. The molecule has 1 aromatic rings. The number of aliphatic hydroxyl groups is 2. The predicted octanol–water partition coefficient (Wildman–Crippen LogP) is 3.99. The lowest BCUT2D eigenvalue weighted by Gasteiger charge is -2.35. The van der Waals surface area contributed by atoms with Crippen molar-refractivity contribution in [3.63, 3.8) is 0 Å². The fraction of sp³-hybridized carbons (Fsp3) is 0.690. The normalized spacial score (nSPS) is 35.7. The number of hydrogen-bond acceptors (Lipinski definition) is 8. The molecule has 2 fully saturated rings. The van der Waals surface area contributed by atoms with E-state index in [2.05, 4.69) is 10.3 Å². The number of carbonyl (C=O) groups excluding carboxylic acids is 2. The number of aliphatic hydroxyl groups excluding tert-OH is 2. The number of ether oxygens (including phenoxy) is 2. The molecule has 0 aromatic carbocycles. The van der Waals surface area contributed by atoms with Crippen LogP contribution in [0.4, 0.5) is 0 Å². The molecule has 1 aromatic heterocycles. The topological polar surface area (TPSA) is 121 Å². The molecular weight excluding hydrogens is 504 g/mol. The lowest BCUT2D eigenvalue weighted by molar-refractivity contribution is -0.147. The lowest BCUT2D eigenvalue weighted by atomic mass is 9.72. The van der Waals surface area contributed by atoms with Gasteiger partial charge in [-0.2, -0.15) is 0 Å². The number of thiazole rings is 1. The van der Waals surface area contributed by atoms with Crippen molar-refractivity contribution in [2.75, 3.05) is 6.61 Å². The Kier molecular flexibility index (Phi) is 10.1. The van der Waals surface area contributed by atoms with Crippen LogP contribution in [0.1, 0.15) is 77.9 Å². The van der Waals surface area contributed by atoms with Gasteiger partial charge >= 0.3 is 0 Å². The number of fused-ring (bicyclic) bond motifs is 1.